The van der Waals surface area contributed by atoms with E-state index in [4.69, 9.17) is 11.6 Å². The molecular formula is C9H5ClN2OS. The van der Waals surface area contributed by atoms with Gasteiger partial charge < -0.3 is 5.32 Å². The third kappa shape index (κ3) is 1.34. The van der Waals surface area contributed by atoms with E-state index < -0.39 is 5.38 Å². The molecule has 1 heterocycles. The topological polar surface area (TPSA) is 41.5 Å². The van der Waals surface area contributed by atoms with Crippen LogP contribution in [0.1, 0.15) is 10.9 Å². The summed E-state index contributed by atoms with van der Waals surface area (Å²) in [6.45, 7) is 0. The van der Waals surface area contributed by atoms with E-state index in [0.717, 1.165) is 0 Å². The lowest BCUT2D eigenvalue weighted by Crippen LogP contribution is -2.06. The summed E-state index contributed by atoms with van der Waals surface area (Å²) in [5, 5.41) is 4.23. The van der Waals surface area contributed by atoms with E-state index in [1.165, 1.54) is 0 Å². The van der Waals surface area contributed by atoms with E-state index in [1.807, 2.05) is 0 Å². The third-order valence-corrected chi connectivity index (χ3v) is 2.50. The molecule has 0 fully saturated rings. The average molecular weight is 225 g/mol. The van der Waals surface area contributed by atoms with Crippen molar-refractivity contribution in [2.75, 3.05) is 5.32 Å². The number of aliphatic imine (C=N–C) groups is 1. The Labute approximate surface area is 90.8 Å². The maximum atomic E-state index is 11.3. The minimum atomic E-state index is -0.687. The van der Waals surface area contributed by atoms with Gasteiger partial charge in [-0.15, -0.1) is 11.6 Å². The van der Waals surface area contributed by atoms with Crippen molar-refractivity contribution in [1.29, 1.82) is 0 Å². The molecule has 1 amide bonds. The first-order valence-electron chi connectivity index (χ1n) is 3.90. The van der Waals surface area contributed by atoms with Gasteiger partial charge in [-0.3, -0.25) is 4.79 Å². The van der Waals surface area contributed by atoms with Gasteiger partial charge in [-0.1, -0.05) is 6.07 Å². The summed E-state index contributed by atoms with van der Waals surface area (Å²) in [4.78, 5) is 15.1. The van der Waals surface area contributed by atoms with Crippen LogP contribution in [0.3, 0.4) is 0 Å². The van der Waals surface area contributed by atoms with Crippen LogP contribution in [0.2, 0.25) is 0 Å². The van der Waals surface area contributed by atoms with Gasteiger partial charge in [0.1, 0.15) is 5.38 Å². The molecule has 0 aromatic heterocycles. The Bertz CT molecular complexity index is 454. The van der Waals surface area contributed by atoms with Crippen molar-refractivity contribution in [1.82, 2.24) is 0 Å². The number of fused-ring (bicyclic) bond motifs is 1. The van der Waals surface area contributed by atoms with Crippen LogP contribution in [0, 0.1) is 0 Å². The number of thiocarbonyl (C=S) groups is 1. The maximum Gasteiger partial charge on any atom is 0.247 e. The van der Waals surface area contributed by atoms with Gasteiger partial charge in [0, 0.05) is 11.3 Å². The Morgan fingerprint density at radius 3 is 3.07 bits per heavy atom. The highest BCUT2D eigenvalue weighted by Crippen LogP contribution is 2.41. The quantitative estimate of drug-likeness (QED) is 0.453. The summed E-state index contributed by atoms with van der Waals surface area (Å²) in [6, 6.07) is 5.30. The zero-order chi connectivity index (χ0) is 10.1. The van der Waals surface area contributed by atoms with Gasteiger partial charge >= 0.3 is 0 Å². The summed E-state index contributed by atoms with van der Waals surface area (Å²) >= 11 is 10.4. The minimum Gasteiger partial charge on any atom is -0.324 e. The lowest BCUT2D eigenvalue weighted by molar-refractivity contribution is -0.115. The second-order valence-electron chi connectivity index (χ2n) is 2.79. The van der Waals surface area contributed by atoms with Crippen molar-refractivity contribution in [3.05, 3.63) is 23.8 Å². The molecule has 1 aromatic rings. The number of nitrogens with zero attached hydrogens (tertiary/aromatic N) is 1. The highest BCUT2D eigenvalue weighted by Gasteiger charge is 2.30. The molecule has 1 aliphatic rings. The van der Waals surface area contributed by atoms with Crippen LogP contribution in [0.4, 0.5) is 11.4 Å². The first-order chi connectivity index (χ1) is 6.74. The van der Waals surface area contributed by atoms with Crippen LogP contribution in [0.25, 0.3) is 0 Å². The van der Waals surface area contributed by atoms with Crippen LogP contribution in [-0.4, -0.2) is 11.1 Å². The highest BCUT2D eigenvalue weighted by atomic mass is 35.5. The summed E-state index contributed by atoms with van der Waals surface area (Å²) in [7, 11) is 0. The number of anilines is 1. The molecule has 3 nitrogen and oxygen atoms in total. The number of isothiocyanates is 1. The number of nitrogens with one attached hydrogen (secondary N) is 1. The molecule has 14 heavy (non-hydrogen) atoms. The monoisotopic (exact) mass is 224 g/mol. The van der Waals surface area contributed by atoms with Crippen LogP contribution in [0.15, 0.2) is 23.2 Å². The van der Waals surface area contributed by atoms with E-state index in [1.54, 1.807) is 18.2 Å². The molecule has 1 aromatic carbocycles. The number of carbonyl (C=O) groups is 1. The number of hydrogen-bond donors (Lipinski definition) is 1. The number of alkyl halides is 1. The number of hydrogen-bond acceptors (Lipinski definition) is 3. The molecule has 0 aliphatic carbocycles. The van der Waals surface area contributed by atoms with Crippen LogP contribution >= 0.6 is 23.8 Å². The Hall–Kier alpha value is -1.22. The lowest BCUT2D eigenvalue weighted by atomic mass is 10.1. The van der Waals surface area contributed by atoms with E-state index in [2.05, 4.69) is 27.7 Å². The van der Waals surface area contributed by atoms with Gasteiger partial charge in [-0.25, -0.2) is 0 Å². The first-order valence-corrected chi connectivity index (χ1v) is 4.74. The van der Waals surface area contributed by atoms with Gasteiger partial charge in [0.05, 0.1) is 10.8 Å². The molecule has 0 saturated carbocycles. The SMILES string of the molecule is O=C1Nc2cccc(N=C=S)c2C1Cl. The summed E-state index contributed by atoms with van der Waals surface area (Å²) in [5.74, 6) is -0.228. The van der Waals surface area contributed by atoms with E-state index in [-0.39, 0.29) is 5.91 Å². The fraction of sp³-hybridized carbons (Fsp3) is 0.111. The molecule has 5 heteroatoms. The molecule has 0 saturated heterocycles. The molecule has 1 N–H and O–H groups in total. The first kappa shape index (κ1) is 9.34. The van der Waals surface area contributed by atoms with Crippen LogP contribution < -0.4 is 5.32 Å². The molecular weight excluding hydrogens is 220 g/mol. The lowest BCUT2D eigenvalue weighted by Gasteiger charge is -2.01. The van der Waals surface area contributed by atoms with Gasteiger partial charge in [-0.05, 0) is 24.4 Å². The van der Waals surface area contributed by atoms with Crippen molar-refractivity contribution < 1.29 is 4.79 Å². The number of benzene rings is 1. The maximum absolute atomic E-state index is 11.3. The Kier molecular flexibility index (Phi) is 2.33. The van der Waals surface area contributed by atoms with E-state index >= 15 is 0 Å². The number of amides is 1. The predicted molar refractivity (Wildman–Crippen MR) is 58.4 cm³/mol. The predicted octanol–water partition coefficient (Wildman–Crippen LogP) is 2.65. The molecule has 2 rings (SSSR count). The Morgan fingerprint density at radius 1 is 1.57 bits per heavy atom. The van der Waals surface area contributed by atoms with Gasteiger partial charge in [0.25, 0.3) is 0 Å². The average Bonchev–Trinajstić information content (AvgIpc) is 2.45. The molecule has 1 unspecified atom stereocenters. The van der Waals surface area contributed by atoms with Crippen molar-refractivity contribution >= 4 is 46.3 Å². The number of carbonyl (C=O) groups excluding carboxylic acids is 1. The van der Waals surface area contributed by atoms with E-state index in [0.29, 0.717) is 16.9 Å². The number of halogens is 1. The highest BCUT2D eigenvalue weighted by molar-refractivity contribution is 7.78. The molecule has 0 radical (unpaired) electrons. The van der Waals surface area contributed by atoms with Gasteiger partial charge in [0.15, 0.2) is 0 Å². The van der Waals surface area contributed by atoms with Crippen LogP contribution in [0.5, 0.6) is 0 Å². The standard InChI is InChI=1S/C9H5ClN2OS/c10-8-7-5(11-4-14)2-1-3-6(7)12-9(8)13/h1-3,8H,(H,12,13). The number of rotatable bonds is 1. The van der Waals surface area contributed by atoms with E-state index in [9.17, 15) is 4.79 Å². The van der Waals surface area contributed by atoms with Gasteiger partial charge in [0.2, 0.25) is 5.91 Å². The van der Waals surface area contributed by atoms with Crippen molar-refractivity contribution in [2.45, 2.75) is 5.38 Å². The smallest absolute Gasteiger partial charge is 0.247 e. The Morgan fingerprint density at radius 2 is 2.36 bits per heavy atom. The van der Waals surface area contributed by atoms with Crippen molar-refractivity contribution in [3.8, 4) is 0 Å². The second-order valence-corrected chi connectivity index (χ2v) is 3.41. The molecule has 1 aliphatic heterocycles. The minimum absolute atomic E-state index is 0.228. The molecule has 0 spiro atoms. The molecule has 70 valence electrons. The summed E-state index contributed by atoms with van der Waals surface area (Å²) < 4.78 is 0. The fourth-order valence-corrected chi connectivity index (χ4v) is 1.78. The largest absolute Gasteiger partial charge is 0.324 e. The fourth-order valence-electron chi connectivity index (χ4n) is 1.40. The van der Waals surface area contributed by atoms with Crippen molar-refractivity contribution in [3.63, 3.8) is 0 Å². The summed E-state index contributed by atoms with van der Waals surface area (Å²) in [6.07, 6.45) is 0. The van der Waals surface area contributed by atoms with Crippen molar-refractivity contribution in [2.24, 2.45) is 4.99 Å². The zero-order valence-electron chi connectivity index (χ0n) is 6.95. The zero-order valence-corrected chi connectivity index (χ0v) is 8.52. The molecule has 1 atom stereocenters. The summed E-state index contributed by atoms with van der Waals surface area (Å²) in [5.41, 5.74) is 1.97. The van der Waals surface area contributed by atoms with Gasteiger partial charge in [-0.2, -0.15) is 4.99 Å². The normalized spacial score (nSPS) is 18.4. The third-order valence-electron chi connectivity index (χ3n) is 1.99. The molecule has 0 bridgehead atoms. The second kappa shape index (κ2) is 3.50. The van der Waals surface area contributed by atoms with Crippen LogP contribution in [-0.2, 0) is 4.79 Å². The Balaban J connectivity index is 2.63.